The van der Waals surface area contributed by atoms with E-state index < -0.39 is 0 Å². The predicted molar refractivity (Wildman–Crippen MR) is 92.7 cm³/mol. The Bertz CT molecular complexity index is 816. The third-order valence-electron chi connectivity index (χ3n) is 3.07. The Balaban J connectivity index is 1.58. The number of para-hydroxylation sites is 1. The van der Waals surface area contributed by atoms with Gasteiger partial charge < -0.3 is 10.1 Å². The molecular weight excluding hydrogens is 302 g/mol. The fraction of sp³-hybridized carbons (Fsp3) is 0. The zero-order chi connectivity index (χ0) is 16.6. The van der Waals surface area contributed by atoms with Crippen LogP contribution < -0.4 is 10.1 Å². The summed E-state index contributed by atoms with van der Waals surface area (Å²) in [7, 11) is 0. The molecule has 3 aromatic rings. The maximum Gasteiger partial charge on any atom is 0.322 e. The minimum atomic E-state index is -0.251. The number of nitrogens with zero attached hydrogens (tertiary/aromatic N) is 2. The number of hydrogen-bond acceptors (Lipinski definition) is 4. The molecule has 1 amide bonds. The third-order valence-corrected chi connectivity index (χ3v) is 3.07. The van der Waals surface area contributed by atoms with Gasteiger partial charge in [0.15, 0.2) is 0 Å². The molecule has 0 atom stereocenters. The van der Waals surface area contributed by atoms with E-state index in [1.165, 1.54) is 18.5 Å². The standard InChI is InChI=1S/C19H15N3O2/c23-18(12-11-15-7-3-1-4-8-15)22-16-13-20-19(21-14-16)24-17-9-5-2-6-10-17/h1-14H,(H,22,23)/b12-11+. The van der Waals surface area contributed by atoms with Crippen LogP contribution in [0, 0.1) is 0 Å². The van der Waals surface area contributed by atoms with Crippen LogP contribution in [-0.2, 0) is 4.79 Å². The second-order valence-corrected chi connectivity index (χ2v) is 4.90. The van der Waals surface area contributed by atoms with E-state index in [0.29, 0.717) is 11.4 Å². The van der Waals surface area contributed by atoms with Gasteiger partial charge in [0.1, 0.15) is 5.75 Å². The molecule has 24 heavy (non-hydrogen) atoms. The van der Waals surface area contributed by atoms with Crippen LogP contribution >= 0.6 is 0 Å². The molecule has 2 aromatic carbocycles. The van der Waals surface area contributed by atoms with Crippen molar-refractivity contribution in [2.45, 2.75) is 0 Å². The maximum absolute atomic E-state index is 11.9. The summed E-state index contributed by atoms with van der Waals surface area (Å²) in [5.74, 6) is 0.402. The number of rotatable bonds is 5. The van der Waals surface area contributed by atoms with Crippen molar-refractivity contribution in [1.82, 2.24) is 9.97 Å². The highest BCUT2D eigenvalue weighted by Crippen LogP contribution is 2.17. The van der Waals surface area contributed by atoms with Gasteiger partial charge in [-0.05, 0) is 23.8 Å². The van der Waals surface area contributed by atoms with Crippen molar-refractivity contribution in [2.24, 2.45) is 0 Å². The van der Waals surface area contributed by atoms with E-state index >= 15 is 0 Å². The lowest BCUT2D eigenvalue weighted by Crippen LogP contribution is -2.08. The molecule has 5 nitrogen and oxygen atoms in total. The summed E-state index contributed by atoms with van der Waals surface area (Å²) in [4.78, 5) is 20.0. The lowest BCUT2D eigenvalue weighted by molar-refractivity contribution is -0.111. The van der Waals surface area contributed by atoms with Crippen LogP contribution in [0.2, 0.25) is 0 Å². The van der Waals surface area contributed by atoms with Crippen LogP contribution in [0.15, 0.2) is 79.1 Å². The minimum absolute atomic E-state index is 0.221. The summed E-state index contributed by atoms with van der Waals surface area (Å²) in [6, 6.07) is 19.1. The largest absolute Gasteiger partial charge is 0.424 e. The molecule has 118 valence electrons. The fourth-order valence-corrected chi connectivity index (χ4v) is 1.95. The van der Waals surface area contributed by atoms with E-state index in [4.69, 9.17) is 4.74 Å². The van der Waals surface area contributed by atoms with Gasteiger partial charge in [-0.1, -0.05) is 48.5 Å². The van der Waals surface area contributed by atoms with E-state index in [2.05, 4.69) is 15.3 Å². The molecule has 3 rings (SSSR count). The average Bonchev–Trinajstić information content (AvgIpc) is 2.63. The van der Waals surface area contributed by atoms with Gasteiger partial charge in [-0.2, -0.15) is 0 Å². The Labute approximate surface area is 139 Å². The molecule has 1 heterocycles. The van der Waals surface area contributed by atoms with Crippen LogP contribution in [0.5, 0.6) is 11.8 Å². The van der Waals surface area contributed by atoms with Gasteiger partial charge in [-0.15, -0.1) is 0 Å². The molecule has 0 aliphatic rings. The minimum Gasteiger partial charge on any atom is -0.424 e. The Hall–Kier alpha value is -3.47. The zero-order valence-corrected chi connectivity index (χ0v) is 12.8. The number of anilines is 1. The van der Waals surface area contributed by atoms with Gasteiger partial charge in [0, 0.05) is 6.08 Å². The molecule has 0 spiro atoms. The van der Waals surface area contributed by atoms with Crippen LogP contribution in [0.25, 0.3) is 6.08 Å². The van der Waals surface area contributed by atoms with Crippen LogP contribution in [-0.4, -0.2) is 15.9 Å². The third kappa shape index (κ3) is 4.51. The number of aromatic nitrogens is 2. The fourth-order valence-electron chi connectivity index (χ4n) is 1.95. The van der Waals surface area contributed by atoms with Crippen molar-refractivity contribution < 1.29 is 9.53 Å². The summed E-state index contributed by atoms with van der Waals surface area (Å²) in [5.41, 5.74) is 1.45. The topological polar surface area (TPSA) is 64.1 Å². The van der Waals surface area contributed by atoms with Crippen LogP contribution in [0.1, 0.15) is 5.56 Å². The van der Waals surface area contributed by atoms with Crippen molar-refractivity contribution in [1.29, 1.82) is 0 Å². The summed E-state index contributed by atoms with van der Waals surface area (Å²) >= 11 is 0. The highest BCUT2D eigenvalue weighted by molar-refractivity contribution is 6.01. The maximum atomic E-state index is 11.9. The SMILES string of the molecule is O=C(/C=C/c1ccccc1)Nc1cnc(Oc2ccccc2)nc1. The highest BCUT2D eigenvalue weighted by Gasteiger charge is 2.02. The molecule has 0 aliphatic heterocycles. The van der Waals surface area contributed by atoms with Crippen LogP contribution in [0.4, 0.5) is 5.69 Å². The quantitative estimate of drug-likeness (QED) is 0.724. The molecular formula is C19H15N3O2. The Morgan fingerprint density at radius 3 is 2.21 bits per heavy atom. The normalized spacial score (nSPS) is 10.5. The van der Waals surface area contributed by atoms with Gasteiger partial charge in [-0.3, -0.25) is 4.79 Å². The number of carbonyl (C=O) groups is 1. The monoisotopic (exact) mass is 317 g/mol. The smallest absolute Gasteiger partial charge is 0.322 e. The molecule has 5 heteroatoms. The molecule has 1 N–H and O–H groups in total. The van der Waals surface area contributed by atoms with E-state index in [0.717, 1.165) is 5.56 Å². The van der Waals surface area contributed by atoms with E-state index in [9.17, 15) is 4.79 Å². The lowest BCUT2D eigenvalue weighted by Gasteiger charge is -2.04. The molecule has 0 bridgehead atoms. The number of benzene rings is 2. The second kappa shape index (κ2) is 7.69. The van der Waals surface area contributed by atoms with Gasteiger partial charge in [0.2, 0.25) is 5.91 Å². The van der Waals surface area contributed by atoms with Crippen molar-refractivity contribution in [2.75, 3.05) is 5.32 Å². The zero-order valence-electron chi connectivity index (χ0n) is 12.8. The summed E-state index contributed by atoms with van der Waals surface area (Å²) in [6.07, 6.45) is 6.20. The second-order valence-electron chi connectivity index (χ2n) is 4.90. The number of nitrogens with one attached hydrogen (secondary N) is 1. The number of ether oxygens (including phenoxy) is 1. The first-order valence-corrected chi connectivity index (χ1v) is 7.39. The molecule has 1 aromatic heterocycles. The van der Waals surface area contributed by atoms with Gasteiger partial charge >= 0.3 is 6.01 Å². The van der Waals surface area contributed by atoms with E-state index in [-0.39, 0.29) is 11.9 Å². The van der Waals surface area contributed by atoms with Crippen molar-refractivity contribution in [3.05, 3.63) is 84.7 Å². The lowest BCUT2D eigenvalue weighted by atomic mass is 10.2. The van der Waals surface area contributed by atoms with Gasteiger partial charge in [-0.25, -0.2) is 9.97 Å². The van der Waals surface area contributed by atoms with Crippen molar-refractivity contribution in [3.63, 3.8) is 0 Å². The Morgan fingerprint density at radius 1 is 0.917 bits per heavy atom. The Morgan fingerprint density at radius 2 is 1.54 bits per heavy atom. The average molecular weight is 317 g/mol. The molecule has 0 radical (unpaired) electrons. The van der Waals surface area contributed by atoms with Crippen molar-refractivity contribution in [3.8, 4) is 11.8 Å². The molecule has 0 saturated carbocycles. The summed E-state index contributed by atoms with van der Waals surface area (Å²) < 4.78 is 5.49. The predicted octanol–water partition coefficient (Wildman–Crippen LogP) is 3.92. The molecule has 0 saturated heterocycles. The number of amides is 1. The van der Waals surface area contributed by atoms with Gasteiger partial charge in [0.25, 0.3) is 0 Å². The first kappa shape index (κ1) is 15.4. The first-order chi connectivity index (χ1) is 11.8. The number of carbonyl (C=O) groups excluding carboxylic acids is 1. The van der Waals surface area contributed by atoms with Gasteiger partial charge in [0.05, 0.1) is 18.1 Å². The first-order valence-electron chi connectivity index (χ1n) is 7.39. The van der Waals surface area contributed by atoms with Crippen LogP contribution in [0.3, 0.4) is 0 Å². The van der Waals surface area contributed by atoms with Crippen molar-refractivity contribution >= 4 is 17.7 Å². The molecule has 0 fully saturated rings. The summed E-state index contributed by atoms with van der Waals surface area (Å²) in [6.45, 7) is 0. The van der Waals surface area contributed by atoms with E-state index in [1.54, 1.807) is 6.08 Å². The number of hydrogen-bond donors (Lipinski definition) is 1. The highest BCUT2D eigenvalue weighted by atomic mass is 16.5. The summed E-state index contributed by atoms with van der Waals surface area (Å²) in [5, 5.41) is 2.70. The Kier molecular flexibility index (Phi) is 4.94. The molecule has 0 aliphatic carbocycles. The van der Waals surface area contributed by atoms with E-state index in [1.807, 2.05) is 60.7 Å². The molecule has 0 unspecified atom stereocenters.